The van der Waals surface area contributed by atoms with E-state index in [1.54, 1.807) is 0 Å². The minimum Gasteiger partial charge on any atom is -0.371 e. The summed E-state index contributed by atoms with van der Waals surface area (Å²) in [7, 11) is 0. The molecule has 0 radical (unpaired) electrons. The lowest BCUT2D eigenvalue weighted by Gasteiger charge is -2.39. The second-order valence-electron chi connectivity index (χ2n) is 10.5. The predicted octanol–water partition coefficient (Wildman–Crippen LogP) is 4.88. The Morgan fingerprint density at radius 2 is 1.86 bits per heavy atom. The average Bonchev–Trinajstić information content (AvgIpc) is 3.53. The molecule has 1 aromatic carbocycles. The van der Waals surface area contributed by atoms with Gasteiger partial charge in [0.05, 0.1) is 18.6 Å². The number of amides is 1. The van der Waals surface area contributed by atoms with Crippen LogP contribution in [-0.2, 0) is 16.0 Å². The number of nitrogens with one attached hydrogen (secondary N) is 1. The van der Waals surface area contributed by atoms with Gasteiger partial charge in [-0.25, -0.2) is 22.0 Å². The van der Waals surface area contributed by atoms with Gasteiger partial charge >= 0.3 is 0 Å². The zero-order valence-electron chi connectivity index (χ0n) is 20.4. The summed E-state index contributed by atoms with van der Waals surface area (Å²) in [5.41, 5.74) is -0.572. The molecule has 0 bridgehead atoms. The Kier molecular flexibility index (Phi) is 7.49. The number of benzene rings is 1. The molecule has 5 rings (SSSR count). The van der Waals surface area contributed by atoms with Crippen molar-refractivity contribution in [3.8, 4) is 11.3 Å². The Bertz CT molecular complexity index is 1120. The zero-order chi connectivity index (χ0) is 26.2. The number of nitrogens with zero attached hydrogens (tertiary/aromatic N) is 2. The van der Waals surface area contributed by atoms with Crippen molar-refractivity contribution >= 4 is 5.91 Å². The summed E-state index contributed by atoms with van der Waals surface area (Å²) in [5, 5.41) is 2.41. The van der Waals surface area contributed by atoms with E-state index in [4.69, 9.17) is 4.74 Å². The van der Waals surface area contributed by atoms with Crippen molar-refractivity contribution in [2.45, 2.75) is 69.1 Å². The fourth-order valence-corrected chi connectivity index (χ4v) is 5.37. The van der Waals surface area contributed by atoms with Crippen LogP contribution in [0.15, 0.2) is 30.5 Å². The lowest BCUT2D eigenvalue weighted by atomic mass is 9.88. The number of hydrogen-bond donors (Lipinski definition) is 1. The normalized spacial score (nSPS) is 25.8. The topological polar surface area (TPSA) is 54.5 Å². The molecular formula is C27H30F5N3O2. The van der Waals surface area contributed by atoms with E-state index in [1.807, 2.05) is 0 Å². The van der Waals surface area contributed by atoms with Crippen molar-refractivity contribution in [1.82, 2.24) is 15.2 Å². The molecule has 3 aliphatic rings. The van der Waals surface area contributed by atoms with Crippen LogP contribution in [0.2, 0.25) is 0 Å². The number of alkyl halides is 2. The maximum atomic E-state index is 15.1. The SMILES string of the molecule is O=C(Cc1ccnc(-c2cc(F)cc(F)c2)c1F)N[C@@H]1[C@@H](O[C@H]2CCN(CC3CC3)C2)CCCC1(F)F. The van der Waals surface area contributed by atoms with Crippen LogP contribution in [0.1, 0.15) is 44.1 Å². The summed E-state index contributed by atoms with van der Waals surface area (Å²) in [6.45, 7) is 2.59. The number of ether oxygens (including phenoxy) is 1. The van der Waals surface area contributed by atoms with Crippen molar-refractivity contribution in [3.05, 3.63) is 53.5 Å². The van der Waals surface area contributed by atoms with E-state index < -0.39 is 47.8 Å². The van der Waals surface area contributed by atoms with Crippen molar-refractivity contribution in [3.63, 3.8) is 0 Å². The third kappa shape index (κ3) is 6.29. The van der Waals surface area contributed by atoms with Crippen molar-refractivity contribution in [1.29, 1.82) is 0 Å². The molecule has 3 fully saturated rings. The van der Waals surface area contributed by atoms with Crippen LogP contribution >= 0.6 is 0 Å². The Morgan fingerprint density at radius 3 is 2.59 bits per heavy atom. The van der Waals surface area contributed by atoms with Gasteiger partial charge in [-0.15, -0.1) is 0 Å². The third-order valence-corrected chi connectivity index (χ3v) is 7.41. The molecule has 10 heteroatoms. The Labute approximate surface area is 212 Å². The third-order valence-electron chi connectivity index (χ3n) is 7.41. The lowest BCUT2D eigenvalue weighted by Crippen LogP contribution is -2.58. The first-order valence-electron chi connectivity index (χ1n) is 12.8. The number of aromatic nitrogens is 1. The first kappa shape index (κ1) is 26.0. The number of hydrogen-bond acceptors (Lipinski definition) is 4. The molecule has 2 aliphatic carbocycles. The fraction of sp³-hybridized carbons (Fsp3) is 0.556. The van der Waals surface area contributed by atoms with E-state index in [2.05, 4.69) is 15.2 Å². The van der Waals surface area contributed by atoms with Gasteiger partial charge in [0.1, 0.15) is 23.4 Å². The second-order valence-corrected chi connectivity index (χ2v) is 10.5. The molecule has 0 spiro atoms. The zero-order valence-corrected chi connectivity index (χ0v) is 20.4. The molecule has 1 saturated heterocycles. The summed E-state index contributed by atoms with van der Waals surface area (Å²) in [6.07, 6.45) is 3.24. The van der Waals surface area contributed by atoms with Gasteiger partial charge in [-0.3, -0.25) is 9.78 Å². The molecule has 1 amide bonds. The molecule has 3 atom stereocenters. The fourth-order valence-electron chi connectivity index (χ4n) is 5.37. The molecule has 5 nitrogen and oxygen atoms in total. The number of carbonyl (C=O) groups excluding carboxylic acids is 1. The van der Waals surface area contributed by atoms with E-state index >= 15 is 4.39 Å². The number of carbonyl (C=O) groups is 1. The monoisotopic (exact) mass is 523 g/mol. The van der Waals surface area contributed by atoms with Crippen LogP contribution in [0, 0.1) is 23.4 Å². The maximum absolute atomic E-state index is 15.1. The predicted molar refractivity (Wildman–Crippen MR) is 126 cm³/mol. The average molecular weight is 524 g/mol. The number of likely N-dealkylation sites (tertiary alicyclic amines) is 1. The van der Waals surface area contributed by atoms with Crippen LogP contribution in [0.25, 0.3) is 11.3 Å². The second kappa shape index (κ2) is 10.6. The van der Waals surface area contributed by atoms with Crippen molar-refractivity contribution in [2.24, 2.45) is 5.92 Å². The van der Waals surface area contributed by atoms with Gasteiger partial charge in [-0.1, -0.05) is 0 Å². The van der Waals surface area contributed by atoms with Gasteiger partial charge in [-0.05, 0) is 56.2 Å². The molecular weight excluding hydrogens is 493 g/mol. The number of halogens is 5. The highest BCUT2D eigenvalue weighted by Gasteiger charge is 2.49. The Hall–Kier alpha value is -2.59. The van der Waals surface area contributed by atoms with Crippen LogP contribution in [-0.4, -0.2) is 59.6 Å². The summed E-state index contributed by atoms with van der Waals surface area (Å²) in [5.74, 6) is -5.95. The molecule has 1 N–H and O–H groups in total. The van der Waals surface area contributed by atoms with Gasteiger partial charge in [0.25, 0.3) is 5.92 Å². The van der Waals surface area contributed by atoms with Gasteiger partial charge in [0.2, 0.25) is 5.91 Å². The number of rotatable bonds is 8. The van der Waals surface area contributed by atoms with Gasteiger partial charge in [0.15, 0.2) is 5.82 Å². The Morgan fingerprint density at radius 1 is 1.11 bits per heavy atom. The highest BCUT2D eigenvalue weighted by atomic mass is 19.3. The minimum absolute atomic E-state index is 0.115. The van der Waals surface area contributed by atoms with Crippen LogP contribution in [0.3, 0.4) is 0 Å². The van der Waals surface area contributed by atoms with E-state index in [0.29, 0.717) is 19.0 Å². The Balaban J connectivity index is 1.26. The van der Waals surface area contributed by atoms with Crippen LogP contribution < -0.4 is 5.32 Å². The molecule has 200 valence electrons. The summed E-state index contributed by atoms with van der Waals surface area (Å²) >= 11 is 0. The maximum Gasteiger partial charge on any atom is 0.270 e. The molecule has 37 heavy (non-hydrogen) atoms. The quantitative estimate of drug-likeness (QED) is 0.501. The molecule has 2 heterocycles. The molecule has 0 unspecified atom stereocenters. The summed E-state index contributed by atoms with van der Waals surface area (Å²) < 4.78 is 78.3. The van der Waals surface area contributed by atoms with E-state index in [1.165, 1.54) is 25.1 Å². The molecule has 2 aromatic rings. The molecule has 1 aromatic heterocycles. The standard InChI is InChI=1S/C27H30F5N3O2/c28-19-10-18(11-20(29)13-19)25-24(30)17(5-8-33-25)12-23(36)34-26-22(2-1-7-27(26,31)32)37-21-6-9-35(15-21)14-16-3-4-16/h5,8,10-11,13,16,21-22,26H,1-4,6-7,9,12,14-15H2,(H,34,36)/t21-,22-,26+/m0/s1. The largest absolute Gasteiger partial charge is 0.371 e. The van der Waals surface area contributed by atoms with Crippen molar-refractivity contribution in [2.75, 3.05) is 19.6 Å². The van der Waals surface area contributed by atoms with Gasteiger partial charge < -0.3 is 15.0 Å². The highest BCUT2D eigenvalue weighted by Crippen LogP contribution is 2.37. The molecule has 1 aliphatic heterocycles. The van der Waals surface area contributed by atoms with Gasteiger partial charge in [0, 0.05) is 49.4 Å². The van der Waals surface area contributed by atoms with E-state index in [0.717, 1.165) is 37.6 Å². The summed E-state index contributed by atoms with van der Waals surface area (Å²) in [4.78, 5) is 19.0. The first-order valence-corrected chi connectivity index (χ1v) is 12.8. The highest BCUT2D eigenvalue weighted by molar-refractivity contribution is 5.79. The van der Waals surface area contributed by atoms with E-state index in [9.17, 15) is 22.4 Å². The van der Waals surface area contributed by atoms with E-state index in [-0.39, 0.29) is 35.8 Å². The minimum atomic E-state index is -3.16. The first-order chi connectivity index (χ1) is 17.7. The van der Waals surface area contributed by atoms with Crippen molar-refractivity contribution < 1.29 is 31.5 Å². The molecule has 2 saturated carbocycles. The van der Waals surface area contributed by atoms with Crippen LogP contribution in [0.5, 0.6) is 0 Å². The number of pyridine rings is 1. The van der Waals surface area contributed by atoms with Gasteiger partial charge in [-0.2, -0.15) is 0 Å². The summed E-state index contributed by atoms with van der Waals surface area (Å²) in [6, 6.07) is 2.23. The van der Waals surface area contributed by atoms with Crippen LogP contribution in [0.4, 0.5) is 22.0 Å². The lowest BCUT2D eigenvalue weighted by molar-refractivity contribution is -0.151. The smallest absolute Gasteiger partial charge is 0.270 e.